The standard InChI is InChI=1S/C40H44N4O9/c1-27(45)36(39(49)51-2)44-38(48)34(23-29-18-20-32(21-19-29)52-25-30-14-8-4-9-15-30)43-37(47)33(22-28-12-6-3-7-13-28)42-35(46)24-41-40(50)53-26-31-16-10-5-11-17-31/h3-21,27,33-34,36,45H,22-26H2,1-2H3,(H,41,50)(H,42,46)(H,43,47)(H,44,48)/t27-,33+,34+,36-/m1/s1. The number of rotatable bonds is 18. The number of aliphatic hydroxyl groups is 1. The second-order valence-electron chi connectivity index (χ2n) is 12.2. The van der Waals surface area contributed by atoms with Crippen LogP contribution < -0.4 is 26.0 Å². The van der Waals surface area contributed by atoms with Gasteiger partial charge in [0.15, 0.2) is 6.04 Å². The van der Waals surface area contributed by atoms with Gasteiger partial charge in [-0.2, -0.15) is 0 Å². The molecule has 0 unspecified atom stereocenters. The van der Waals surface area contributed by atoms with Crippen molar-refractivity contribution >= 4 is 29.8 Å². The lowest BCUT2D eigenvalue weighted by atomic mass is 10.0. The zero-order valence-corrected chi connectivity index (χ0v) is 29.5. The predicted octanol–water partition coefficient (Wildman–Crippen LogP) is 2.99. The largest absolute Gasteiger partial charge is 0.489 e. The molecule has 0 radical (unpaired) electrons. The Morgan fingerprint density at radius 1 is 0.623 bits per heavy atom. The van der Waals surface area contributed by atoms with Gasteiger partial charge in [-0.15, -0.1) is 0 Å². The number of benzene rings is 4. The van der Waals surface area contributed by atoms with E-state index in [0.717, 1.165) is 23.8 Å². The van der Waals surface area contributed by atoms with Crippen LogP contribution in [0.15, 0.2) is 115 Å². The average molecular weight is 725 g/mol. The van der Waals surface area contributed by atoms with Crippen LogP contribution >= 0.6 is 0 Å². The normalized spacial score (nSPS) is 12.9. The first-order valence-electron chi connectivity index (χ1n) is 17.0. The third-order valence-corrected chi connectivity index (χ3v) is 8.02. The van der Waals surface area contributed by atoms with Crippen LogP contribution in [0.25, 0.3) is 0 Å². The molecule has 0 heterocycles. The Bertz CT molecular complexity index is 1770. The second kappa shape index (κ2) is 20.6. The second-order valence-corrected chi connectivity index (χ2v) is 12.2. The smallest absolute Gasteiger partial charge is 0.407 e. The average Bonchev–Trinajstić information content (AvgIpc) is 3.18. The van der Waals surface area contributed by atoms with Crippen LogP contribution in [0, 0.1) is 0 Å². The minimum atomic E-state index is -1.41. The van der Waals surface area contributed by atoms with Crippen LogP contribution in [0.1, 0.15) is 29.2 Å². The van der Waals surface area contributed by atoms with Gasteiger partial charge in [-0.05, 0) is 41.3 Å². The van der Waals surface area contributed by atoms with Gasteiger partial charge in [0.25, 0.3) is 0 Å². The maximum atomic E-state index is 13.9. The highest BCUT2D eigenvalue weighted by Gasteiger charge is 2.32. The van der Waals surface area contributed by atoms with Crippen LogP contribution in [0.4, 0.5) is 4.79 Å². The first-order valence-corrected chi connectivity index (χ1v) is 17.0. The molecule has 13 heteroatoms. The minimum absolute atomic E-state index is 0.00607. The van der Waals surface area contributed by atoms with Crippen molar-refractivity contribution < 1.29 is 43.3 Å². The maximum Gasteiger partial charge on any atom is 0.407 e. The zero-order chi connectivity index (χ0) is 38.0. The molecule has 53 heavy (non-hydrogen) atoms. The third-order valence-electron chi connectivity index (χ3n) is 8.02. The lowest BCUT2D eigenvalue weighted by Crippen LogP contribution is -2.58. The summed E-state index contributed by atoms with van der Waals surface area (Å²) >= 11 is 0. The highest BCUT2D eigenvalue weighted by atomic mass is 16.5. The van der Waals surface area contributed by atoms with Crippen molar-refractivity contribution in [3.8, 4) is 5.75 Å². The monoisotopic (exact) mass is 724 g/mol. The van der Waals surface area contributed by atoms with E-state index in [1.807, 2.05) is 36.4 Å². The van der Waals surface area contributed by atoms with E-state index in [1.54, 1.807) is 78.9 Å². The molecule has 4 aromatic rings. The maximum absolute atomic E-state index is 13.9. The number of amides is 4. The van der Waals surface area contributed by atoms with Gasteiger partial charge in [-0.25, -0.2) is 9.59 Å². The Morgan fingerprint density at radius 2 is 1.11 bits per heavy atom. The van der Waals surface area contributed by atoms with E-state index in [-0.39, 0.29) is 19.4 Å². The highest BCUT2D eigenvalue weighted by Crippen LogP contribution is 2.16. The van der Waals surface area contributed by atoms with Crippen LogP contribution in [0.3, 0.4) is 0 Å². The number of aliphatic hydroxyl groups excluding tert-OH is 1. The summed E-state index contributed by atoms with van der Waals surface area (Å²) in [5.41, 5.74) is 3.12. The van der Waals surface area contributed by atoms with Crippen LogP contribution in [-0.4, -0.2) is 72.8 Å². The number of carbonyl (C=O) groups is 5. The van der Waals surface area contributed by atoms with Crippen LogP contribution in [0.5, 0.6) is 5.75 Å². The van der Waals surface area contributed by atoms with Crippen molar-refractivity contribution in [3.63, 3.8) is 0 Å². The summed E-state index contributed by atoms with van der Waals surface area (Å²) in [6, 6.07) is 30.7. The molecule has 4 aromatic carbocycles. The Kier molecular flexibility index (Phi) is 15.4. The van der Waals surface area contributed by atoms with E-state index in [9.17, 15) is 29.1 Å². The minimum Gasteiger partial charge on any atom is -0.489 e. The predicted molar refractivity (Wildman–Crippen MR) is 195 cm³/mol. The highest BCUT2D eigenvalue weighted by molar-refractivity contribution is 5.94. The molecular formula is C40H44N4O9. The zero-order valence-electron chi connectivity index (χ0n) is 29.5. The molecule has 13 nitrogen and oxygen atoms in total. The van der Waals surface area contributed by atoms with Crippen molar-refractivity contribution in [2.24, 2.45) is 0 Å². The number of hydrogen-bond donors (Lipinski definition) is 5. The SMILES string of the molecule is COC(=O)[C@H](NC(=O)[C@H](Cc1ccc(OCc2ccccc2)cc1)NC(=O)[C@H](Cc1ccccc1)NC(=O)CNC(=O)OCc1ccccc1)[C@@H](C)O. The number of methoxy groups -OCH3 is 1. The molecule has 0 aliphatic carbocycles. The molecule has 0 aromatic heterocycles. The first-order chi connectivity index (χ1) is 25.6. The van der Waals surface area contributed by atoms with E-state index in [1.165, 1.54) is 6.92 Å². The van der Waals surface area contributed by atoms with Gasteiger partial charge in [0.05, 0.1) is 13.2 Å². The quantitative estimate of drug-likeness (QED) is 0.0965. The summed E-state index contributed by atoms with van der Waals surface area (Å²) < 4.78 is 15.8. The van der Waals surface area contributed by atoms with Gasteiger partial charge in [0.2, 0.25) is 17.7 Å². The Morgan fingerprint density at radius 3 is 1.66 bits per heavy atom. The van der Waals surface area contributed by atoms with Crippen molar-refractivity contribution in [3.05, 3.63) is 138 Å². The fourth-order valence-corrected chi connectivity index (χ4v) is 5.17. The molecule has 5 N–H and O–H groups in total. The summed E-state index contributed by atoms with van der Waals surface area (Å²) in [6.45, 7) is 1.20. The van der Waals surface area contributed by atoms with Crippen molar-refractivity contribution in [2.75, 3.05) is 13.7 Å². The molecule has 0 bridgehead atoms. The van der Waals surface area contributed by atoms with Gasteiger partial charge in [0, 0.05) is 12.8 Å². The molecule has 4 atom stereocenters. The van der Waals surface area contributed by atoms with Gasteiger partial charge >= 0.3 is 12.1 Å². The molecule has 4 amide bonds. The van der Waals surface area contributed by atoms with Gasteiger partial charge in [-0.1, -0.05) is 103 Å². The number of esters is 1. The fourth-order valence-electron chi connectivity index (χ4n) is 5.17. The molecule has 4 rings (SSSR count). The van der Waals surface area contributed by atoms with E-state index in [2.05, 4.69) is 21.3 Å². The number of nitrogens with one attached hydrogen (secondary N) is 4. The molecule has 0 aliphatic rings. The van der Waals surface area contributed by atoms with Crippen LogP contribution in [0.2, 0.25) is 0 Å². The Labute approximate surface area is 308 Å². The molecule has 0 aliphatic heterocycles. The molecule has 0 fully saturated rings. The molecular weight excluding hydrogens is 680 g/mol. The number of ether oxygens (including phenoxy) is 3. The number of hydrogen-bond acceptors (Lipinski definition) is 9. The molecule has 278 valence electrons. The topological polar surface area (TPSA) is 181 Å². The van der Waals surface area contributed by atoms with Gasteiger partial charge in [-0.3, -0.25) is 14.4 Å². The van der Waals surface area contributed by atoms with E-state index in [4.69, 9.17) is 14.2 Å². The molecule has 0 saturated heterocycles. The fraction of sp³-hybridized carbons (Fsp3) is 0.275. The van der Waals surface area contributed by atoms with E-state index in [0.29, 0.717) is 17.9 Å². The molecule has 0 spiro atoms. The van der Waals surface area contributed by atoms with Crippen LogP contribution in [-0.2, 0) is 54.7 Å². The van der Waals surface area contributed by atoms with Gasteiger partial charge < -0.3 is 40.6 Å². The van der Waals surface area contributed by atoms with E-state index >= 15 is 0 Å². The lowest BCUT2D eigenvalue weighted by molar-refractivity contribution is -0.148. The summed E-state index contributed by atoms with van der Waals surface area (Å²) in [4.78, 5) is 65.2. The van der Waals surface area contributed by atoms with Crippen molar-refractivity contribution in [1.29, 1.82) is 0 Å². The third kappa shape index (κ3) is 13.5. The van der Waals surface area contributed by atoms with Crippen molar-refractivity contribution in [2.45, 2.75) is 57.2 Å². The lowest BCUT2D eigenvalue weighted by Gasteiger charge is -2.26. The summed E-state index contributed by atoms with van der Waals surface area (Å²) in [5.74, 6) is -2.44. The van der Waals surface area contributed by atoms with Crippen molar-refractivity contribution in [1.82, 2.24) is 21.3 Å². The summed E-state index contributed by atoms with van der Waals surface area (Å²) in [5, 5.41) is 20.4. The summed E-state index contributed by atoms with van der Waals surface area (Å²) in [6.07, 6.45) is -2.09. The Balaban J connectivity index is 1.47. The Hall–Kier alpha value is -6.21. The first kappa shape index (κ1) is 39.6. The molecule has 0 saturated carbocycles. The van der Waals surface area contributed by atoms with E-state index < -0.39 is 60.6 Å². The van der Waals surface area contributed by atoms with Gasteiger partial charge in [0.1, 0.15) is 37.6 Å². The number of alkyl carbamates (subject to hydrolysis) is 1. The summed E-state index contributed by atoms with van der Waals surface area (Å²) in [7, 11) is 1.12. The number of carbonyl (C=O) groups excluding carboxylic acids is 5.